The van der Waals surface area contributed by atoms with Crippen LogP contribution in [0.4, 0.5) is 0 Å². The van der Waals surface area contributed by atoms with Gasteiger partial charge >= 0.3 is 0 Å². The SMILES string of the molecule is CCOc1ccc([C@H]2C(=C(O)c3ccc(OC)c(Cl)c3)C(=O)C(=O)N2CCCN(C)C)cc1. The summed E-state index contributed by atoms with van der Waals surface area (Å²) in [6.45, 7) is 3.56. The Bertz CT molecular complexity index is 1050. The maximum absolute atomic E-state index is 13.1. The quantitative estimate of drug-likeness (QED) is 0.336. The number of halogens is 1. The number of methoxy groups -OCH3 is 1. The number of ether oxygens (including phenoxy) is 2. The fourth-order valence-corrected chi connectivity index (χ4v) is 4.15. The second-order valence-electron chi connectivity index (χ2n) is 8.00. The van der Waals surface area contributed by atoms with E-state index in [0.29, 0.717) is 47.2 Å². The molecule has 0 radical (unpaired) electrons. The van der Waals surface area contributed by atoms with Gasteiger partial charge in [-0.1, -0.05) is 23.7 Å². The minimum atomic E-state index is -0.719. The fraction of sp³-hybridized carbons (Fsp3) is 0.360. The lowest BCUT2D eigenvalue weighted by atomic mass is 9.95. The van der Waals surface area contributed by atoms with Crippen molar-refractivity contribution in [2.24, 2.45) is 0 Å². The van der Waals surface area contributed by atoms with Gasteiger partial charge in [0.05, 0.1) is 30.4 Å². The van der Waals surface area contributed by atoms with Gasteiger partial charge in [-0.15, -0.1) is 0 Å². The van der Waals surface area contributed by atoms with E-state index in [9.17, 15) is 14.7 Å². The third kappa shape index (κ3) is 5.31. The Labute approximate surface area is 199 Å². The molecule has 0 aromatic heterocycles. The van der Waals surface area contributed by atoms with Gasteiger partial charge in [0.2, 0.25) is 0 Å². The summed E-state index contributed by atoms with van der Waals surface area (Å²) in [6.07, 6.45) is 0.682. The highest BCUT2D eigenvalue weighted by atomic mass is 35.5. The highest BCUT2D eigenvalue weighted by Crippen LogP contribution is 2.40. The van der Waals surface area contributed by atoms with Gasteiger partial charge in [-0.05, 0) is 69.9 Å². The number of nitrogens with zero attached hydrogens (tertiary/aromatic N) is 2. The molecule has 1 aliphatic heterocycles. The number of benzene rings is 2. The number of aliphatic hydroxyl groups is 1. The topological polar surface area (TPSA) is 79.3 Å². The summed E-state index contributed by atoms with van der Waals surface area (Å²) in [5, 5.41) is 11.4. The third-order valence-electron chi connectivity index (χ3n) is 5.48. The van der Waals surface area contributed by atoms with E-state index >= 15 is 0 Å². The number of amides is 1. The van der Waals surface area contributed by atoms with Crippen LogP contribution in [0, 0.1) is 0 Å². The number of hydrogen-bond donors (Lipinski definition) is 1. The predicted octanol–water partition coefficient (Wildman–Crippen LogP) is 4.12. The zero-order valence-electron chi connectivity index (χ0n) is 19.3. The van der Waals surface area contributed by atoms with Gasteiger partial charge in [-0.25, -0.2) is 0 Å². The molecule has 0 spiro atoms. The molecular weight excluding hydrogens is 444 g/mol. The lowest BCUT2D eigenvalue weighted by Crippen LogP contribution is -2.32. The molecule has 2 aromatic rings. The number of carbonyl (C=O) groups is 2. The van der Waals surface area contributed by atoms with Crippen molar-refractivity contribution in [3.05, 3.63) is 64.2 Å². The van der Waals surface area contributed by atoms with Crippen molar-refractivity contribution < 1.29 is 24.2 Å². The Kier molecular flexibility index (Phi) is 8.00. The lowest BCUT2D eigenvalue weighted by Gasteiger charge is -2.26. The molecule has 1 saturated heterocycles. The largest absolute Gasteiger partial charge is 0.507 e. The van der Waals surface area contributed by atoms with Gasteiger partial charge < -0.3 is 24.4 Å². The Hall–Kier alpha value is -3.03. The number of aliphatic hydroxyl groups excluding tert-OH is 1. The van der Waals surface area contributed by atoms with E-state index in [0.717, 1.165) is 6.54 Å². The van der Waals surface area contributed by atoms with E-state index in [1.165, 1.54) is 18.1 Å². The van der Waals surface area contributed by atoms with Gasteiger partial charge in [0.1, 0.15) is 17.3 Å². The van der Waals surface area contributed by atoms with Crippen LogP contribution in [0.5, 0.6) is 11.5 Å². The Balaban J connectivity index is 2.08. The van der Waals surface area contributed by atoms with Crippen LogP contribution in [0.25, 0.3) is 5.76 Å². The van der Waals surface area contributed by atoms with Crippen molar-refractivity contribution in [1.29, 1.82) is 0 Å². The summed E-state index contributed by atoms with van der Waals surface area (Å²) < 4.78 is 10.7. The molecule has 1 N–H and O–H groups in total. The molecular formula is C25H29ClN2O5. The van der Waals surface area contributed by atoms with Gasteiger partial charge in [-0.3, -0.25) is 9.59 Å². The van der Waals surface area contributed by atoms with Crippen molar-refractivity contribution in [2.75, 3.05) is 40.9 Å². The third-order valence-corrected chi connectivity index (χ3v) is 5.77. The normalized spacial score (nSPS) is 17.6. The zero-order chi connectivity index (χ0) is 24.1. The molecule has 0 saturated carbocycles. The lowest BCUT2D eigenvalue weighted by molar-refractivity contribution is -0.139. The molecule has 7 nitrogen and oxygen atoms in total. The summed E-state index contributed by atoms with van der Waals surface area (Å²) in [6, 6.07) is 11.2. The van der Waals surface area contributed by atoms with Gasteiger partial charge in [0.25, 0.3) is 11.7 Å². The first kappa shape index (κ1) is 24.6. The molecule has 3 rings (SSSR count). The first-order chi connectivity index (χ1) is 15.8. The molecule has 1 atom stereocenters. The molecule has 1 heterocycles. The van der Waals surface area contributed by atoms with E-state index in [-0.39, 0.29) is 11.3 Å². The number of Topliss-reactive ketones (excluding diaryl/α,β-unsaturated/α-hetero) is 1. The molecule has 1 aliphatic rings. The second-order valence-corrected chi connectivity index (χ2v) is 8.41. The average molecular weight is 473 g/mol. The number of likely N-dealkylation sites (tertiary alicyclic amines) is 1. The molecule has 1 amide bonds. The van der Waals surface area contributed by atoms with E-state index in [4.69, 9.17) is 21.1 Å². The molecule has 8 heteroatoms. The van der Waals surface area contributed by atoms with E-state index in [2.05, 4.69) is 0 Å². The Morgan fingerprint density at radius 1 is 1.15 bits per heavy atom. The first-order valence-corrected chi connectivity index (χ1v) is 11.2. The van der Waals surface area contributed by atoms with Crippen LogP contribution in [0.15, 0.2) is 48.0 Å². The van der Waals surface area contributed by atoms with Crippen LogP contribution in [-0.4, -0.2) is 67.5 Å². The maximum Gasteiger partial charge on any atom is 0.295 e. The molecule has 2 aromatic carbocycles. The molecule has 33 heavy (non-hydrogen) atoms. The van der Waals surface area contributed by atoms with E-state index < -0.39 is 17.7 Å². The van der Waals surface area contributed by atoms with Gasteiger partial charge in [-0.2, -0.15) is 0 Å². The molecule has 0 aliphatic carbocycles. The number of rotatable bonds is 9. The van der Waals surface area contributed by atoms with Crippen molar-refractivity contribution in [3.63, 3.8) is 0 Å². The number of hydrogen-bond acceptors (Lipinski definition) is 6. The van der Waals surface area contributed by atoms with Crippen molar-refractivity contribution in [2.45, 2.75) is 19.4 Å². The van der Waals surface area contributed by atoms with Crippen molar-refractivity contribution in [3.8, 4) is 11.5 Å². The Morgan fingerprint density at radius 2 is 1.85 bits per heavy atom. The van der Waals surface area contributed by atoms with E-state index in [1.54, 1.807) is 24.3 Å². The standard InChI is InChI=1S/C25H29ClN2O5/c1-5-33-18-10-7-16(8-11-18)22-21(23(29)17-9-12-20(32-4)19(26)15-17)24(30)25(31)28(22)14-6-13-27(2)3/h7-12,15,22,29H,5-6,13-14H2,1-4H3/t22-/m0/s1. The van der Waals surface area contributed by atoms with Crippen LogP contribution in [0.3, 0.4) is 0 Å². The van der Waals surface area contributed by atoms with Crippen molar-refractivity contribution in [1.82, 2.24) is 9.80 Å². The van der Waals surface area contributed by atoms with Crippen LogP contribution in [0.2, 0.25) is 5.02 Å². The number of ketones is 1. The highest BCUT2D eigenvalue weighted by molar-refractivity contribution is 6.46. The summed E-state index contributed by atoms with van der Waals surface area (Å²) in [7, 11) is 5.39. The Morgan fingerprint density at radius 3 is 2.42 bits per heavy atom. The predicted molar refractivity (Wildman–Crippen MR) is 128 cm³/mol. The minimum absolute atomic E-state index is 0.0373. The van der Waals surface area contributed by atoms with Gasteiger partial charge in [0, 0.05) is 12.1 Å². The molecule has 176 valence electrons. The summed E-state index contributed by atoms with van der Waals surface area (Å²) in [5.41, 5.74) is 1.09. The molecule has 0 unspecified atom stereocenters. The smallest absolute Gasteiger partial charge is 0.295 e. The van der Waals surface area contributed by atoms with Crippen LogP contribution < -0.4 is 9.47 Å². The maximum atomic E-state index is 13.1. The second kappa shape index (κ2) is 10.7. The van der Waals surface area contributed by atoms with Crippen molar-refractivity contribution >= 4 is 29.1 Å². The summed E-state index contributed by atoms with van der Waals surface area (Å²) in [4.78, 5) is 29.6. The monoisotopic (exact) mass is 472 g/mol. The van der Waals surface area contributed by atoms with Crippen LogP contribution in [-0.2, 0) is 9.59 Å². The van der Waals surface area contributed by atoms with Crippen LogP contribution >= 0.6 is 11.6 Å². The minimum Gasteiger partial charge on any atom is -0.507 e. The fourth-order valence-electron chi connectivity index (χ4n) is 3.90. The average Bonchev–Trinajstić information content (AvgIpc) is 3.04. The van der Waals surface area contributed by atoms with Gasteiger partial charge in [0.15, 0.2) is 0 Å². The molecule has 0 bridgehead atoms. The summed E-state index contributed by atoms with van der Waals surface area (Å²) in [5.74, 6) is -0.489. The number of carbonyl (C=O) groups excluding carboxylic acids is 2. The first-order valence-electron chi connectivity index (χ1n) is 10.8. The highest BCUT2D eigenvalue weighted by Gasteiger charge is 2.45. The summed E-state index contributed by atoms with van der Waals surface area (Å²) >= 11 is 6.23. The van der Waals surface area contributed by atoms with E-state index in [1.807, 2.05) is 38.1 Å². The zero-order valence-corrected chi connectivity index (χ0v) is 20.1. The molecule has 1 fully saturated rings. The van der Waals surface area contributed by atoms with Crippen LogP contribution in [0.1, 0.15) is 30.5 Å².